The lowest BCUT2D eigenvalue weighted by Gasteiger charge is -2.42. The summed E-state index contributed by atoms with van der Waals surface area (Å²) in [6.07, 6.45) is 5.83. The Morgan fingerprint density at radius 2 is 1.78 bits per heavy atom. The molecular formula is C26H23N3O3. The number of hydrogen-bond donors (Lipinski definition) is 2. The number of nitrogens with zero attached hydrogens (tertiary/aromatic N) is 2. The Balaban J connectivity index is 1.46. The minimum absolute atomic E-state index is 0.483. The molecule has 2 aliphatic rings. The highest BCUT2D eigenvalue weighted by Crippen LogP contribution is 2.45. The van der Waals surface area contributed by atoms with E-state index in [0.717, 1.165) is 58.5 Å². The lowest BCUT2D eigenvalue weighted by Crippen LogP contribution is -2.50. The van der Waals surface area contributed by atoms with Gasteiger partial charge in [0.2, 0.25) is 5.71 Å². The van der Waals surface area contributed by atoms with Crippen LogP contribution in [0.2, 0.25) is 0 Å². The van der Waals surface area contributed by atoms with Crippen molar-refractivity contribution >= 4 is 17.3 Å². The first-order valence-electron chi connectivity index (χ1n) is 11.1. The lowest BCUT2D eigenvalue weighted by molar-refractivity contribution is 0.144. The molecule has 0 saturated heterocycles. The van der Waals surface area contributed by atoms with Gasteiger partial charge < -0.3 is 14.8 Å². The van der Waals surface area contributed by atoms with Crippen molar-refractivity contribution in [1.82, 2.24) is 15.3 Å². The number of rotatable bonds is 5. The standard InChI is InChI=1S/C26H23N3O3/c30-25(31)29-26(13-4-14-26)19-11-9-18(10-12-19)23-21(17-5-2-1-3-6-17)22-24(32-23)27-15-20(28-22)16-7-8-16/h1-3,5-6,9-12,15-16,29H,4,7-8,13-14H2,(H,30,31). The molecule has 1 amide bonds. The summed E-state index contributed by atoms with van der Waals surface area (Å²) in [6, 6.07) is 18.2. The van der Waals surface area contributed by atoms with Gasteiger partial charge in [0.25, 0.3) is 0 Å². The minimum Gasteiger partial charge on any atom is -0.465 e. The molecule has 0 spiro atoms. The zero-order valence-electron chi connectivity index (χ0n) is 17.5. The molecule has 4 aromatic rings. The van der Waals surface area contributed by atoms with Gasteiger partial charge in [-0.3, -0.25) is 0 Å². The normalized spacial score (nSPS) is 17.1. The van der Waals surface area contributed by atoms with Crippen LogP contribution in [0.4, 0.5) is 4.79 Å². The van der Waals surface area contributed by atoms with Crippen LogP contribution in [0.5, 0.6) is 0 Å². The highest BCUT2D eigenvalue weighted by atomic mass is 16.4. The summed E-state index contributed by atoms with van der Waals surface area (Å²) in [4.78, 5) is 20.8. The van der Waals surface area contributed by atoms with Crippen LogP contribution >= 0.6 is 0 Å². The van der Waals surface area contributed by atoms with E-state index in [0.29, 0.717) is 11.6 Å². The van der Waals surface area contributed by atoms with Gasteiger partial charge in [-0.15, -0.1) is 0 Å². The van der Waals surface area contributed by atoms with Crippen LogP contribution in [0, 0.1) is 0 Å². The fourth-order valence-corrected chi connectivity index (χ4v) is 4.70. The molecule has 6 rings (SSSR count). The quantitative estimate of drug-likeness (QED) is 0.404. The fraction of sp³-hybridized carbons (Fsp3) is 0.269. The number of fused-ring (bicyclic) bond motifs is 1. The zero-order chi connectivity index (χ0) is 21.7. The van der Waals surface area contributed by atoms with Gasteiger partial charge in [0, 0.05) is 11.5 Å². The predicted octanol–water partition coefficient (Wildman–Crippen LogP) is 6.08. The van der Waals surface area contributed by atoms with Gasteiger partial charge in [0.05, 0.1) is 23.0 Å². The average molecular weight is 425 g/mol. The largest absolute Gasteiger partial charge is 0.465 e. The van der Waals surface area contributed by atoms with Crippen molar-refractivity contribution in [3.63, 3.8) is 0 Å². The smallest absolute Gasteiger partial charge is 0.405 e. The third-order valence-corrected chi connectivity index (χ3v) is 6.73. The number of carboxylic acid groups (broad SMARTS) is 1. The summed E-state index contributed by atoms with van der Waals surface area (Å²) in [5.41, 5.74) is 5.77. The molecule has 0 bridgehead atoms. The third kappa shape index (κ3) is 3.14. The van der Waals surface area contributed by atoms with Crippen molar-refractivity contribution in [1.29, 1.82) is 0 Å². The number of amides is 1. The second kappa shape index (κ2) is 7.19. The van der Waals surface area contributed by atoms with Gasteiger partial charge in [-0.05, 0) is 43.2 Å². The number of aromatic nitrogens is 2. The molecule has 2 fully saturated rings. The Hall–Kier alpha value is -3.67. The van der Waals surface area contributed by atoms with Crippen molar-refractivity contribution in [2.75, 3.05) is 0 Å². The Morgan fingerprint density at radius 1 is 1.03 bits per heavy atom. The van der Waals surface area contributed by atoms with Crippen LogP contribution in [-0.2, 0) is 5.54 Å². The Labute approximate surface area is 185 Å². The Kier molecular flexibility index (Phi) is 4.28. The molecule has 0 aliphatic heterocycles. The molecule has 2 aromatic carbocycles. The molecule has 32 heavy (non-hydrogen) atoms. The molecule has 0 unspecified atom stereocenters. The number of furan rings is 1. The topological polar surface area (TPSA) is 88.2 Å². The Morgan fingerprint density at radius 3 is 2.41 bits per heavy atom. The zero-order valence-corrected chi connectivity index (χ0v) is 17.5. The molecule has 2 N–H and O–H groups in total. The SMILES string of the molecule is O=C(O)NC1(c2ccc(-c3oc4ncc(C5CC5)nc4c3-c3ccccc3)cc2)CCC1. The van der Waals surface area contributed by atoms with E-state index in [1.165, 1.54) is 12.8 Å². The highest BCUT2D eigenvalue weighted by Gasteiger charge is 2.40. The van der Waals surface area contributed by atoms with E-state index in [-0.39, 0.29) is 0 Å². The van der Waals surface area contributed by atoms with Gasteiger partial charge >= 0.3 is 6.09 Å². The molecule has 6 nitrogen and oxygen atoms in total. The average Bonchev–Trinajstić information content (AvgIpc) is 3.57. The Bertz CT molecular complexity index is 1300. The fourth-order valence-electron chi connectivity index (χ4n) is 4.70. The first-order chi connectivity index (χ1) is 15.6. The monoisotopic (exact) mass is 425 g/mol. The molecule has 0 radical (unpaired) electrons. The van der Waals surface area contributed by atoms with Gasteiger partial charge in [-0.25, -0.2) is 14.8 Å². The van der Waals surface area contributed by atoms with Crippen molar-refractivity contribution in [2.24, 2.45) is 0 Å². The van der Waals surface area contributed by atoms with Gasteiger partial charge in [-0.2, -0.15) is 0 Å². The van der Waals surface area contributed by atoms with Crippen LogP contribution in [-0.4, -0.2) is 21.2 Å². The van der Waals surface area contributed by atoms with E-state index in [4.69, 9.17) is 9.40 Å². The first kappa shape index (κ1) is 19.0. The van der Waals surface area contributed by atoms with E-state index in [1.807, 2.05) is 48.7 Å². The summed E-state index contributed by atoms with van der Waals surface area (Å²) >= 11 is 0. The van der Waals surface area contributed by atoms with Crippen LogP contribution in [0.3, 0.4) is 0 Å². The van der Waals surface area contributed by atoms with E-state index >= 15 is 0 Å². The number of carbonyl (C=O) groups is 1. The van der Waals surface area contributed by atoms with E-state index < -0.39 is 11.6 Å². The summed E-state index contributed by atoms with van der Waals surface area (Å²) < 4.78 is 6.24. The van der Waals surface area contributed by atoms with E-state index in [1.54, 1.807) is 0 Å². The molecule has 2 heterocycles. The maximum Gasteiger partial charge on any atom is 0.405 e. The number of nitrogens with one attached hydrogen (secondary N) is 1. The third-order valence-electron chi connectivity index (χ3n) is 6.73. The number of hydrogen-bond acceptors (Lipinski definition) is 4. The van der Waals surface area contributed by atoms with Crippen molar-refractivity contribution in [3.05, 3.63) is 72.1 Å². The molecule has 0 atom stereocenters. The molecular weight excluding hydrogens is 402 g/mol. The van der Waals surface area contributed by atoms with E-state index in [2.05, 4.69) is 22.4 Å². The second-order valence-corrected chi connectivity index (χ2v) is 8.84. The first-order valence-corrected chi connectivity index (χ1v) is 11.1. The van der Waals surface area contributed by atoms with E-state index in [9.17, 15) is 9.90 Å². The molecule has 6 heteroatoms. The maximum atomic E-state index is 11.3. The van der Waals surface area contributed by atoms with Gasteiger partial charge in [-0.1, -0.05) is 54.6 Å². The highest BCUT2D eigenvalue weighted by molar-refractivity contribution is 5.98. The summed E-state index contributed by atoms with van der Waals surface area (Å²) in [6.45, 7) is 0. The van der Waals surface area contributed by atoms with Crippen LogP contribution in [0.1, 0.15) is 49.3 Å². The van der Waals surface area contributed by atoms with Crippen molar-refractivity contribution in [3.8, 4) is 22.5 Å². The van der Waals surface area contributed by atoms with Crippen LogP contribution in [0.25, 0.3) is 33.7 Å². The summed E-state index contributed by atoms with van der Waals surface area (Å²) in [5, 5.41) is 12.0. The number of benzene rings is 2. The van der Waals surface area contributed by atoms with Crippen molar-refractivity contribution in [2.45, 2.75) is 43.6 Å². The predicted molar refractivity (Wildman–Crippen MR) is 121 cm³/mol. The summed E-state index contributed by atoms with van der Waals surface area (Å²) in [5.74, 6) is 1.24. The minimum atomic E-state index is -0.985. The van der Waals surface area contributed by atoms with Crippen LogP contribution in [0.15, 0.2) is 65.2 Å². The van der Waals surface area contributed by atoms with Crippen LogP contribution < -0.4 is 5.32 Å². The van der Waals surface area contributed by atoms with Crippen molar-refractivity contribution < 1.29 is 14.3 Å². The molecule has 2 aromatic heterocycles. The molecule has 160 valence electrons. The van der Waals surface area contributed by atoms with Gasteiger partial charge in [0.15, 0.2) is 0 Å². The van der Waals surface area contributed by atoms with Gasteiger partial charge in [0.1, 0.15) is 11.3 Å². The molecule has 2 aliphatic carbocycles. The lowest BCUT2D eigenvalue weighted by atomic mass is 9.72. The molecule has 2 saturated carbocycles. The second-order valence-electron chi connectivity index (χ2n) is 8.84. The summed E-state index contributed by atoms with van der Waals surface area (Å²) in [7, 11) is 0. The maximum absolute atomic E-state index is 11.3.